The third-order valence-electron chi connectivity index (χ3n) is 7.11. The second-order valence-corrected chi connectivity index (χ2v) is 9.34. The Morgan fingerprint density at radius 2 is 1.66 bits per heavy atom. The summed E-state index contributed by atoms with van der Waals surface area (Å²) in [5, 5.41) is 1.23. The molecule has 2 aliphatic heterocycles. The fourth-order valence-corrected chi connectivity index (χ4v) is 5.01. The topological polar surface area (TPSA) is 36.8 Å². The van der Waals surface area contributed by atoms with Crippen molar-refractivity contribution < 1.29 is 4.74 Å². The van der Waals surface area contributed by atoms with Crippen molar-refractivity contribution in [2.24, 2.45) is 7.05 Å². The van der Waals surface area contributed by atoms with Gasteiger partial charge in [0.05, 0.1) is 24.4 Å². The lowest BCUT2D eigenvalue weighted by atomic mass is 10.1. The summed E-state index contributed by atoms with van der Waals surface area (Å²) in [6.45, 7) is 13.6. The molecule has 6 nitrogen and oxygen atoms in total. The van der Waals surface area contributed by atoms with Crippen molar-refractivity contribution in [2.75, 3.05) is 57.4 Å². The lowest BCUT2D eigenvalue weighted by molar-refractivity contribution is 0.0333. The van der Waals surface area contributed by atoms with E-state index in [-0.39, 0.29) is 0 Å². The first-order chi connectivity index (χ1) is 15.6. The van der Waals surface area contributed by atoms with Gasteiger partial charge >= 0.3 is 0 Å². The highest BCUT2D eigenvalue weighted by Gasteiger charge is 2.20. The van der Waals surface area contributed by atoms with Gasteiger partial charge in [0.25, 0.3) is 0 Å². The minimum absolute atomic E-state index is 0.630. The monoisotopic (exact) mass is 433 g/mol. The zero-order valence-corrected chi connectivity index (χ0v) is 19.6. The van der Waals surface area contributed by atoms with Crippen LogP contribution in [0.2, 0.25) is 0 Å². The van der Waals surface area contributed by atoms with Crippen LogP contribution >= 0.6 is 0 Å². The Morgan fingerprint density at radius 1 is 0.938 bits per heavy atom. The Hall–Kier alpha value is -2.41. The summed E-state index contributed by atoms with van der Waals surface area (Å²) in [6, 6.07) is 14.1. The van der Waals surface area contributed by atoms with Crippen LogP contribution in [0.15, 0.2) is 42.6 Å². The lowest BCUT2D eigenvalue weighted by Crippen LogP contribution is -2.48. The van der Waals surface area contributed by atoms with Gasteiger partial charge in [-0.05, 0) is 38.1 Å². The first-order valence-electron chi connectivity index (χ1n) is 11.9. The van der Waals surface area contributed by atoms with Crippen molar-refractivity contribution in [1.29, 1.82) is 0 Å². The first-order valence-corrected chi connectivity index (χ1v) is 11.9. The maximum Gasteiger partial charge on any atom is 0.0795 e. The van der Waals surface area contributed by atoms with Gasteiger partial charge in [-0.15, -0.1) is 0 Å². The molecule has 2 aromatic heterocycles. The molecule has 32 heavy (non-hydrogen) atoms. The van der Waals surface area contributed by atoms with Crippen molar-refractivity contribution >= 4 is 16.6 Å². The largest absolute Gasteiger partial charge is 0.379 e. The summed E-state index contributed by atoms with van der Waals surface area (Å²) in [5.41, 5.74) is 6.14. The van der Waals surface area contributed by atoms with E-state index in [9.17, 15) is 0 Å². The van der Waals surface area contributed by atoms with E-state index < -0.39 is 0 Å². The SMILES string of the molecule is CC(C)N1CCN(c2ccc(-c3nccc4c3cc(CN3CCOCC3)n4C)cc2)CC1. The number of aryl methyl sites for hydroxylation is 1. The molecule has 170 valence electrons. The standard InChI is InChI=1S/C26H35N5O/c1-20(2)30-10-12-31(13-11-30)22-6-4-21(5-7-22)26-24-18-23(19-29-14-16-32-17-15-29)28(3)25(24)8-9-27-26/h4-9,18,20H,10-17,19H2,1-3H3. The number of benzene rings is 1. The van der Waals surface area contributed by atoms with Crippen LogP contribution in [0, 0.1) is 0 Å². The van der Waals surface area contributed by atoms with E-state index in [1.807, 2.05) is 6.20 Å². The third-order valence-corrected chi connectivity index (χ3v) is 7.11. The number of aromatic nitrogens is 2. The Kier molecular flexibility index (Phi) is 6.17. The molecule has 2 fully saturated rings. The predicted molar refractivity (Wildman–Crippen MR) is 131 cm³/mol. The van der Waals surface area contributed by atoms with Crippen LogP contribution in [0.4, 0.5) is 5.69 Å². The fourth-order valence-electron chi connectivity index (χ4n) is 5.01. The average Bonchev–Trinajstić information content (AvgIpc) is 3.15. The van der Waals surface area contributed by atoms with Gasteiger partial charge in [-0.25, -0.2) is 0 Å². The summed E-state index contributed by atoms with van der Waals surface area (Å²) in [4.78, 5) is 12.3. The van der Waals surface area contributed by atoms with Crippen LogP contribution in [0.1, 0.15) is 19.5 Å². The van der Waals surface area contributed by atoms with Crippen LogP contribution < -0.4 is 4.90 Å². The molecule has 6 heteroatoms. The third kappa shape index (κ3) is 4.27. The van der Waals surface area contributed by atoms with Gasteiger partial charge in [-0.1, -0.05) is 12.1 Å². The van der Waals surface area contributed by atoms with E-state index in [0.29, 0.717) is 6.04 Å². The minimum Gasteiger partial charge on any atom is -0.379 e. The highest BCUT2D eigenvalue weighted by Crippen LogP contribution is 2.31. The molecule has 0 aliphatic carbocycles. The minimum atomic E-state index is 0.630. The Bertz CT molecular complexity index is 1040. The number of anilines is 1. The molecule has 0 saturated carbocycles. The number of fused-ring (bicyclic) bond motifs is 1. The zero-order chi connectivity index (χ0) is 22.1. The highest BCUT2D eigenvalue weighted by molar-refractivity contribution is 5.94. The molecule has 2 saturated heterocycles. The number of hydrogen-bond acceptors (Lipinski definition) is 5. The first kappa shape index (κ1) is 21.4. The van der Waals surface area contributed by atoms with Crippen molar-refractivity contribution in [2.45, 2.75) is 26.4 Å². The number of rotatable bonds is 5. The van der Waals surface area contributed by atoms with Crippen molar-refractivity contribution in [3.05, 3.63) is 48.3 Å². The van der Waals surface area contributed by atoms with Gasteiger partial charge < -0.3 is 14.2 Å². The van der Waals surface area contributed by atoms with Crippen LogP contribution in [-0.4, -0.2) is 77.9 Å². The van der Waals surface area contributed by atoms with Gasteiger partial charge in [-0.2, -0.15) is 0 Å². The number of piperazine rings is 1. The Balaban J connectivity index is 1.37. The second kappa shape index (κ2) is 9.22. The lowest BCUT2D eigenvalue weighted by Gasteiger charge is -2.38. The Labute approximate surface area is 191 Å². The molecule has 0 atom stereocenters. The summed E-state index contributed by atoms with van der Waals surface area (Å²) in [5.74, 6) is 0. The van der Waals surface area contributed by atoms with E-state index in [1.165, 1.54) is 27.8 Å². The van der Waals surface area contributed by atoms with Crippen molar-refractivity contribution in [3.63, 3.8) is 0 Å². The molecule has 0 bridgehead atoms. The summed E-state index contributed by atoms with van der Waals surface area (Å²) >= 11 is 0. The van der Waals surface area contributed by atoms with Gasteiger partial charge in [0, 0.05) is 87.4 Å². The fraction of sp³-hybridized carbons (Fsp3) is 0.500. The molecule has 5 rings (SSSR count). The summed E-state index contributed by atoms with van der Waals surface area (Å²) < 4.78 is 7.83. The number of nitrogens with zero attached hydrogens (tertiary/aromatic N) is 5. The molecule has 4 heterocycles. The molecular formula is C26H35N5O. The van der Waals surface area contributed by atoms with Crippen LogP contribution in [0.25, 0.3) is 22.2 Å². The molecule has 0 spiro atoms. The molecule has 0 radical (unpaired) electrons. The van der Waals surface area contributed by atoms with Gasteiger partial charge in [-0.3, -0.25) is 14.8 Å². The van der Waals surface area contributed by atoms with Crippen molar-refractivity contribution in [3.8, 4) is 11.3 Å². The molecule has 0 N–H and O–H groups in total. The quantitative estimate of drug-likeness (QED) is 0.615. The average molecular weight is 434 g/mol. The maximum absolute atomic E-state index is 5.51. The summed E-state index contributed by atoms with van der Waals surface area (Å²) in [6.07, 6.45) is 1.94. The summed E-state index contributed by atoms with van der Waals surface area (Å²) in [7, 11) is 2.17. The van der Waals surface area contributed by atoms with E-state index >= 15 is 0 Å². The van der Waals surface area contributed by atoms with E-state index in [0.717, 1.165) is 64.7 Å². The van der Waals surface area contributed by atoms with Crippen molar-refractivity contribution in [1.82, 2.24) is 19.4 Å². The van der Waals surface area contributed by atoms with Crippen LogP contribution in [-0.2, 0) is 18.3 Å². The highest BCUT2D eigenvalue weighted by atomic mass is 16.5. The van der Waals surface area contributed by atoms with E-state index in [2.05, 4.69) is 76.6 Å². The molecule has 2 aliphatic rings. The maximum atomic E-state index is 5.51. The van der Waals surface area contributed by atoms with Gasteiger partial charge in [0.15, 0.2) is 0 Å². The van der Waals surface area contributed by atoms with Crippen LogP contribution in [0.3, 0.4) is 0 Å². The van der Waals surface area contributed by atoms with E-state index in [4.69, 9.17) is 9.72 Å². The zero-order valence-electron chi connectivity index (χ0n) is 19.6. The smallest absolute Gasteiger partial charge is 0.0795 e. The van der Waals surface area contributed by atoms with Gasteiger partial charge in [0.2, 0.25) is 0 Å². The Morgan fingerprint density at radius 3 is 2.34 bits per heavy atom. The van der Waals surface area contributed by atoms with Crippen LogP contribution in [0.5, 0.6) is 0 Å². The normalized spacial score (nSPS) is 18.7. The molecule has 0 unspecified atom stereocenters. The predicted octanol–water partition coefficient (Wildman–Crippen LogP) is 3.60. The van der Waals surface area contributed by atoms with Gasteiger partial charge in [0.1, 0.15) is 0 Å². The number of ether oxygens (including phenoxy) is 1. The number of pyridine rings is 1. The second-order valence-electron chi connectivity index (χ2n) is 9.34. The molecule has 3 aromatic rings. The molecule has 0 amide bonds. The van der Waals surface area contributed by atoms with E-state index in [1.54, 1.807) is 0 Å². The molecule has 1 aromatic carbocycles. The number of morpholine rings is 1. The number of hydrogen-bond donors (Lipinski definition) is 0. The molecular weight excluding hydrogens is 398 g/mol.